The largest absolute Gasteiger partial charge is 0.378 e. The fourth-order valence-corrected chi connectivity index (χ4v) is 3.95. The Hall–Kier alpha value is -2.35. The lowest BCUT2D eigenvalue weighted by atomic mass is 10.1. The number of halogens is 1. The molecule has 1 N–H and O–H groups in total. The molecule has 3 fully saturated rings. The molecular formula is C20H28FN5O2. The van der Waals surface area contributed by atoms with E-state index in [1.54, 1.807) is 13.1 Å². The zero-order valence-corrected chi connectivity index (χ0v) is 16.4. The number of guanidine groups is 1. The molecule has 152 valence electrons. The van der Waals surface area contributed by atoms with E-state index in [-0.39, 0.29) is 11.7 Å². The number of ether oxygens (including phenoxy) is 1. The molecule has 1 aromatic rings. The molecule has 7 nitrogen and oxygen atoms in total. The van der Waals surface area contributed by atoms with E-state index in [4.69, 9.17) is 4.74 Å². The molecule has 0 aromatic heterocycles. The monoisotopic (exact) mass is 389 g/mol. The molecule has 2 heterocycles. The van der Waals surface area contributed by atoms with Crippen molar-refractivity contribution in [1.82, 2.24) is 15.1 Å². The van der Waals surface area contributed by atoms with E-state index in [1.807, 2.05) is 15.9 Å². The van der Waals surface area contributed by atoms with Gasteiger partial charge in [0.25, 0.3) is 0 Å². The zero-order chi connectivity index (χ0) is 19.5. The molecule has 1 aliphatic carbocycles. The van der Waals surface area contributed by atoms with E-state index in [9.17, 15) is 9.18 Å². The molecular weight excluding hydrogens is 361 g/mol. The Kier molecular flexibility index (Phi) is 5.66. The number of carbonyl (C=O) groups excluding carboxylic acids is 1. The van der Waals surface area contributed by atoms with Crippen LogP contribution >= 0.6 is 0 Å². The highest BCUT2D eigenvalue weighted by atomic mass is 19.1. The number of nitrogens with one attached hydrogen (secondary N) is 1. The zero-order valence-electron chi connectivity index (χ0n) is 16.4. The number of aliphatic imine (C=N–C) groups is 1. The van der Waals surface area contributed by atoms with Crippen molar-refractivity contribution in [2.45, 2.75) is 25.4 Å². The van der Waals surface area contributed by atoms with Gasteiger partial charge in [0.15, 0.2) is 5.96 Å². The molecule has 3 aliphatic rings. The average molecular weight is 389 g/mol. The Labute approximate surface area is 165 Å². The molecule has 1 saturated carbocycles. The summed E-state index contributed by atoms with van der Waals surface area (Å²) >= 11 is 0. The normalized spacial score (nSPS) is 21.3. The van der Waals surface area contributed by atoms with Crippen molar-refractivity contribution in [2.75, 3.05) is 57.9 Å². The lowest BCUT2D eigenvalue weighted by Gasteiger charge is -2.36. The SMILES string of the molecule is CN=C(NCc1cc(F)ccc1N1CCOCC1)N1CCN(C2CC2)C(=O)C1. The van der Waals surface area contributed by atoms with Crippen LogP contribution in [0.4, 0.5) is 10.1 Å². The number of morpholine rings is 1. The smallest absolute Gasteiger partial charge is 0.242 e. The Balaban J connectivity index is 1.41. The van der Waals surface area contributed by atoms with Gasteiger partial charge in [-0.25, -0.2) is 4.39 Å². The van der Waals surface area contributed by atoms with E-state index in [0.717, 1.165) is 50.3 Å². The highest BCUT2D eigenvalue weighted by Crippen LogP contribution is 2.28. The minimum atomic E-state index is -0.253. The molecule has 0 radical (unpaired) electrons. The van der Waals surface area contributed by atoms with Crippen molar-refractivity contribution >= 4 is 17.6 Å². The van der Waals surface area contributed by atoms with Gasteiger partial charge in [-0.15, -0.1) is 0 Å². The summed E-state index contributed by atoms with van der Waals surface area (Å²) in [5.41, 5.74) is 1.90. The number of piperazine rings is 1. The summed E-state index contributed by atoms with van der Waals surface area (Å²) in [6.45, 7) is 5.25. The van der Waals surface area contributed by atoms with Gasteiger partial charge in [-0.05, 0) is 36.6 Å². The van der Waals surface area contributed by atoms with Crippen molar-refractivity contribution in [1.29, 1.82) is 0 Å². The third-order valence-corrected chi connectivity index (χ3v) is 5.59. The second kappa shape index (κ2) is 8.34. The topological polar surface area (TPSA) is 60.4 Å². The number of rotatable bonds is 4. The molecule has 1 amide bonds. The first-order valence-electron chi connectivity index (χ1n) is 10.0. The van der Waals surface area contributed by atoms with E-state index in [0.29, 0.717) is 38.3 Å². The van der Waals surface area contributed by atoms with Crippen LogP contribution in [-0.2, 0) is 16.1 Å². The van der Waals surface area contributed by atoms with E-state index in [2.05, 4.69) is 15.2 Å². The Bertz CT molecular complexity index is 746. The lowest BCUT2D eigenvalue weighted by Crippen LogP contribution is -2.55. The maximum absolute atomic E-state index is 13.9. The quantitative estimate of drug-likeness (QED) is 0.616. The van der Waals surface area contributed by atoms with E-state index in [1.165, 1.54) is 6.07 Å². The van der Waals surface area contributed by atoms with Gasteiger partial charge in [0, 0.05) is 51.5 Å². The molecule has 8 heteroatoms. The van der Waals surface area contributed by atoms with E-state index < -0.39 is 0 Å². The van der Waals surface area contributed by atoms with Gasteiger partial charge in [0.1, 0.15) is 5.82 Å². The summed E-state index contributed by atoms with van der Waals surface area (Å²) in [6.07, 6.45) is 2.26. The number of hydrogen-bond donors (Lipinski definition) is 1. The van der Waals surface area contributed by atoms with Gasteiger partial charge in [-0.3, -0.25) is 9.79 Å². The molecule has 2 saturated heterocycles. The van der Waals surface area contributed by atoms with Crippen LogP contribution in [0.25, 0.3) is 0 Å². The number of anilines is 1. The summed E-state index contributed by atoms with van der Waals surface area (Å²) < 4.78 is 19.3. The first-order chi connectivity index (χ1) is 13.7. The second-order valence-electron chi connectivity index (χ2n) is 7.51. The van der Waals surface area contributed by atoms with Crippen LogP contribution in [0.5, 0.6) is 0 Å². The summed E-state index contributed by atoms with van der Waals surface area (Å²) in [5.74, 6) is 0.592. The fraction of sp³-hybridized carbons (Fsp3) is 0.600. The minimum Gasteiger partial charge on any atom is -0.378 e. The summed E-state index contributed by atoms with van der Waals surface area (Å²) in [7, 11) is 1.72. The minimum absolute atomic E-state index is 0.163. The van der Waals surface area contributed by atoms with Crippen LogP contribution in [-0.4, -0.2) is 80.7 Å². The number of nitrogens with zero attached hydrogens (tertiary/aromatic N) is 4. The Morgan fingerprint density at radius 3 is 2.71 bits per heavy atom. The van der Waals surface area contributed by atoms with E-state index >= 15 is 0 Å². The molecule has 28 heavy (non-hydrogen) atoms. The van der Waals surface area contributed by atoms with Crippen molar-refractivity contribution in [3.8, 4) is 0 Å². The van der Waals surface area contributed by atoms with Gasteiger partial charge in [0.05, 0.1) is 19.8 Å². The Morgan fingerprint density at radius 2 is 2.04 bits per heavy atom. The number of hydrogen-bond acceptors (Lipinski definition) is 4. The molecule has 4 rings (SSSR count). The summed E-state index contributed by atoms with van der Waals surface area (Å²) in [4.78, 5) is 23.0. The number of benzene rings is 1. The van der Waals surface area contributed by atoms with Gasteiger partial charge < -0.3 is 24.8 Å². The third kappa shape index (κ3) is 4.22. The van der Waals surface area contributed by atoms with Crippen LogP contribution in [0.3, 0.4) is 0 Å². The van der Waals surface area contributed by atoms with Crippen molar-refractivity contribution in [3.05, 3.63) is 29.6 Å². The number of amides is 1. The second-order valence-corrected chi connectivity index (χ2v) is 7.51. The third-order valence-electron chi connectivity index (χ3n) is 5.59. The highest BCUT2D eigenvalue weighted by molar-refractivity contribution is 5.88. The van der Waals surface area contributed by atoms with Crippen LogP contribution in [0.2, 0.25) is 0 Å². The molecule has 0 spiro atoms. The average Bonchev–Trinajstić information content (AvgIpc) is 3.54. The first-order valence-corrected chi connectivity index (χ1v) is 10.0. The first kappa shape index (κ1) is 19.0. The molecule has 0 unspecified atom stereocenters. The standard InChI is InChI=1S/C20H28FN5O2/c1-22-20(25-6-7-26(17-3-4-17)19(27)14-25)23-13-15-12-16(21)2-5-18(15)24-8-10-28-11-9-24/h2,5,12,17H,3-4,6-11,13-14H2,1H3,(H,22,23). The van der Waals surface area contributed by atoms with Crippen LogP contribution in [0.1, 0.15) is 18.4 Å². The van der Waals surface area contributed by atoms with Crippen LogP contribution in [0, 0.1) is 5.82 Å². The number of carbonyl (C=O) groups is 1. The molecule has 0 bridgehead atoms. The molecule has 2 aliphatic heterocycles. The summed E-state index contributed by atoms with van der Waals surface area (Å²) in [5, 5.41) is 3.32. The predicted molar refractivity (Wildman–Crippen MR) is 106 cm³/mol. The maximum atomic E-state index is 13.9. The highest BCUT2D eigenvalue weighted by Gasteiger charge is 2.36. The van der Waals surface area contributed by atoms with Crippen LogP contribution in [0.15, 0.2) is 23.2 Å². The molecule has 1 aromatic carbocycles. The fourth-order valence-electron chi connectivity index (χ4n) is 3.95. The van der Waals surface area contributed by atoms with Gasteiger partial charge in [0.2, 0.25) is 5.91 Å². The van der Waals surface area contributed by atoms with Gasteiger partial charge >= 0.3 is 0 Å². The maximum Gasteiger partial charge on any atom is 0.242 e. The molecule has 0 atom stereocenters. The van der Waals surface area contributed by atoms with Crippen molar-refractivity contribution in [2.24, 2.45) is 4.99 Å². The summed E-state index contributed by atoms with van der Waals surface area (Å²) in [6, 6.07) is 5.35. The lowest BCUT2D eigenvalue weighted by molar-refractivity contribution is -0.135. The van der Waals surface area contributed by atoms with Gasteiger partial charge in [-0.1, -0.05) is 0 Å². The predicted octanol–water partition coefficient (Wildman–Crippen LogP) is 1.04. The Morgan fingerprint density at radius 1 is 1.25 bits per heavy atom. The van der Waals surface area contributed by atoms with Gasteiger partial charge in [-0.2, -0.15) is 0 Å². The van der Waals surface area contributed by atoms with Crippen molar-refractivity contribution < 1.29 is 13.9 Å². The van der Waals surface area contributed by atoms with Crippen molar-refractivity contribution in [3.63, 3.8) is 0 Å². The van der Waals surface area contributed by atoms with Crippen LogP contribution < -0.4 is 10.2 Å².